The van der Waals surface area contributed by atoms with Gasteiger partial charge in [-0.15, -0.1) is 11.3 Å². The minimum atomic E-state index is 0.0641. The number of hydrogen-bond acceptors (Lipinski definition) is 5. The van der Waals surface area contributed by atoms with Crippen molar-refractivity contribution in [1.29, 1.82) is 0 Å². The second kappa shape index (κ2) is 10.5. The van der Waals surface area contributed by atoms with Gasteiger partial charge in [-0.25, -0.2) is 4.98 Å². The zero-order valence-corrected chi connectivity index (χ0v) is 21.3. The molecule has 1 aliphatic heterocycles. The third-order valence-corrected chi connectivity index (χ3v) is 8.35. The van der Waals surface area contributed by atoms with E-state index >= 15 is 0 Å². The Morgan fingerprint density at radius 3 is 2.66 bits per heavy atom. The first-order chi connectivity index (χ1) is 15.5. The Bertz CT molecular complexity index is 1120. The molecule has 4 rings (SSSR count). The number of fused-ring (bicyclic) bond motifs is 3. The van der Waals surface area contributed by atoms with Crippen LogP contribution in [-0.2, 0) is 17.8 Å². The van der Waals surface area contributed by atoms with Crippen LogP contribution in [0, 0.1) is 12.8 Å². The molecule has 4 nitrogen and oxygen atoms in total. The van der Waals surface area contributed by atoms with Crippen molar-refractivity contribution in [2.75, 3.05) is 5.75 Å². The summed E-state index contributed by atoms with van der Waals surface area (Å²) in [6.45, 7) is 9.26. The van der Waals surface area contributed by atoms with Crippen LogP contribution in [0.3, 0.4) is 0 Å². The highest BCUT2D eigenvalue weighted by Crippen LogP contribution is 2.36. The molecule has 3 heterocycles. The number of thiophene rings is 1. The maximum Gasteiger partial charge on any atom is 0.267 e. The molecule has 0 amide bonds. The molecule has 1 aliphatic rings. The standard InChI is InChI=1S/C26H34N2O2S2/c1-5-6-7-8-9-14-31-26-27-24-23(20-15-21(17(2)3)30-16-22(20)32-24)25(29)28(26)19-12-10-18(4)11-13-19/h10-13,17,21H,5-9,14-16H2,1-4H3/t21-/m0/s1. The molecular weight excluding hydrogens is 436 g/mol. The number of ether oxygens (including phenoxy) is 1. The highest BCUT2D eigenvalue weighted by atomic mass is 32.2. The van der Waals surface area contributed by atoms with Gasteiger partial charge in [0, 0.05) is 17.1 Å². The van der Waals surface area contributed by atoms with E-state index in [1.807, 2.05) is 16.7 Å². The lowest BCUT2D eigenvalue weighted by Gasteiger charge is -2.26. The molecule has 172 valence electrons. The normalized spacial score (nSPS) is 16.1. The van der Waals surface area contributed by atoms with Gasteiger partial charge < -0.3 is 4.74 Å². The zero-order valence-electron chi connectivity index (χ0n) is 19.6. The van der Waals surface area contributed by atoms with Crippen LogP contribution in [0.2, 0.25) is 0 Å². The first kappa shape index (κ1) is 23.5. The Balaban J connectivity index is 1.74. The maximum atomic E-state index is 13.9. The van der Waals surface area contributed by atoms with Gasteiger partial charge in [0.2, 0.25) is 0 Å². The average Bonchev–Trinajstić information content (AvgIpc) is 3.15. The number of aryl methyl sites for hydroxylation is 1. The van der Waals surface area contributed by atoms with Crippen LogP contribution < -0.4 is 5.56 Å². The lowest BCUT2D eigenvalue weighted by molar-refractivity contribution is 0.00200. The summed E-state index contributed by atoms with van der Waals surface area (Å²) in [7, 11) is 0. The van der Waals surface area contributed by atoms with Crippen molar-refractivity contribution >= 4 is 33.3 Å². The number of unbranched alkanes of at least 4 members (excludes halogenated alkanes) is 4. The molecule has 3 aromatic rings. The molecule has 0 bridgehead atoms. The summed E-state index contributed by atoms with van der Waals surface area (Å²) >= 11 is 3.35. The Morgan fingerprint density at radius 2 is 1.94 bits per heavy atom. The molecule has 0 saturated carbocycles. The van der Waals surface area contributed by atoms with Gasteiger partial charge in [0.15, 0.2) is 5.16 Å². The summed E-state index contributed by atoms with van der Waals surface area (Å²) in [5.74, 6) is 1.41. The molecule has 0 saturated heterocycles. The van der Waals surface area contributed by atoms with Crippen molar-refractivity contribution in [3.63, 3.8) is 0 Å². The van der Waals surface area contributed by atoms with Crippen LogP contribution in [0.4, 0.5) is 0 Å². The fraction of sp³-hybridized carbons (Fsp3) is 0.538. The largest absolute Gasteiger partial charge is 0.372 e. The van der Waals surface area contributed by atoms with Crippen LogP contribution in [0.5, 0.6) is 0 Å². The van der Waals surface area contributed by atoms with Gasteiger partial charge in [0.25, 0.3) is 5.56 Å². The van der Waals surface area contributed by atoms with Gasteiger partial charge in [-0.2, -0.15) is 0 Å². The summed E-state index contributed by atoms with van der Waals surface area (Å²) in [6.07, 6.45) is 7.16. The van der Waals surface area contributed by atoms with Gasteiger partial charge in [0.1, 0.15) is 4.83 Å². The van der Waals surface area contributed by atoms with Crippen LogP contribution in [0.1, 0.15) is 68.9 Å². The van der Waals surface area contributed by atoms with E-state index in [0.29, 0.717) is 12.5 Å². The highest BCUT2D eigenvalue weighted by molar-refractivity contribution is 7.99. The predicted octanol–water partition coefficient (Wildman–Crippen LogP) is 6.92. The minimum Gasteiger partial charge on any atom is -0.372 e. The molecular formula is C26H34N2O2S2. The molecule has 32 heavy (non-hydrogen) atoms. The van der Waals surface area contributed by atoms with E-state index in [4.69, 9.17) is 9.72 Å². The highest BCUT2D eigenvalue weighted by Gasteiger charge is 2.28. The summed E-state index contributed by atoms with van der Waals surface area (Å²) < 4.78 is 7.91. The molecule has 1 atom stereocenters. The van der Waals surface area contributed by atoms with Crippen molar-refractivity contribution in [2.45, 2.75) is 84.1 Å². The van der Waals surface area contributed by atoms with E-state index in [9.17, 15) is 4.79 Å². The second-order valence-electron chi connectivity index (χ2n) is 9.11. The molecule has 0 aliphatic carbocycles. The average molecular weight is 471 g/mol. The van der Waals surface area contributed by atoms with Crippen molar-refractivity contribution in [3.8, 4) is 5.69 Å². The van der Waals surface area contributed by atoms with Crippen molar-refractivity contribution in [3.05, 3.63) is 50.6 Å². The fourth-order valence-corrected chi connectivity index (χ4v) is 6.40. The summed E-state index contributed by atoms with van der Waals surface area (Å²) in [6, 6.07) is 8.20. The lowest BCUT2D eigenvalue weighted by atomic mass is 9.96. The third-order valence-electron chi connectivity index (χ3n) is 6.23. The quantitative estimate of drug-likeness (QED) is 0.193. The van der Waals surface area contributed by atoms with Gasteiger partial charge in [0.05, 0.1) is 23.8 Å². The Morgan fingerprint density at radius 1 is 1.19 bits per heavy atom. The van der Waals surface area contributed by atoms with Crippen LogP contribution in [-0.4, -0.2) is 21.4 Å². The fourth-order valence-electron chi connectivity index (χ4n) is 4.22. The SMILES string of the molecule is CCCCCCCSc1nc2sc3c(c2c(=O)n1-c1ccc(C)cc1)C[C@@H](C(C)C)OC3. The second-order valence-corrected chi connectivity index (χ2v) is 11.3. The zero-order chi connectivity index (χ0) is 22.7. The first-order valence-electron chi connectivity index (χ1n) is 11.9. The van der Waals surface area contributed by atoms with Crippen LogP contribution >= 0.6 is 23.1 Å². The van der Waals surface area contributed by atoms with E-state index < -0.39 is 0 Å². The van der Waals surface area contributed by atoms with E-state index in [1.165, 1.54) is 36.1 Å². The first-order valence-corrected chi connectivity index (χ1v) is 13.7. The van der Waals surface area contributed by atoms with Crippen molar-refractivity contribution in [2.24, 2.45) is 5.92 Å². The number of thioether (sulfide) groups is 1. The maximum absolute atomic E-state index is 13.9. The van der Waals surface area contributed by atoms with Gasteiger partial charge in [-0.1, -0.05) is 75.9 Å². The van der Waals surface area contributed by atoms with Gasteiger partial charge in [-0.3, -0.25) is 9.36 Å². The summed E-state index contributed by atoms with van der Waals surface area (Å²) in [5, 5.41) is 1.61. The van der Waals surface area contributed by atoms with Crippen LogP contribution in [0.15, 0.2) is 34.2 Å². The number of aromatic nitrogens is 2. The van der Waals surface area contributed by atoms with E-state index in [1.54, 1.807) is 23.1 Å². The van der Waals surface area contributed by atoms with Gasteiger partial charge >= 0.3 is 0 Å². The molecule has 1 aromatic carbocycles. The predicted molar refractivity (Wildman–Crippen MR) is 137 cm³/mol. The smallest absolute Gasteiger partial charge is 0.267 e. The van der Waals surface area contributed by atoms with Crippen molar-refractivity contribution < 1.29 is 4.74 Å². The van der Waals surface area contributed by atoms with E-state index in [0.717, 1.165) is 45.2 Å². The van der Waals surface area contributed by atoms with E-state index in [2.05, 4.69) is 39.8 Å². The number of hydrogen-bond donors (Lipinski definition) is 0. The van der Waals surface area contributed by atoms with E-state index in [-0.39, 0.29) is 11.7 Å². The molecule has 0 spiro atoms. The molecule has 2 aromatic heterocycles. The van der Waals surface area contributed by atoms with Gasteiger partial charge in [-0.05, 0) is 37.0 Å². The molecule has 0 unspecified atom stereocenters. The molecule has 6 heteroatoms. The van der Waals surface area contributed by atoms with Crippen molar-refractivity contribution in [1.82, 2.24) is 9.55 Å². The number of benzene rings is 1. The molecule has 0 fully saturated rings. The Labute approximate surface area is 199 Å². The number of nitrogens with zero attached hydrogens (tertiary/aromatic N) is 2. The number of rotatable bonds is 9. The third kappa shape index (κ3) is 4.97. The molecule has 0 N–H and O–H groups in total. The Kier molecular flexibility index (Phi) is 7.74. The van der Waals surface area contributed by atoms with Crippen LogP contribution in [0.25, 0.3) is 15.9 Å². The summed E-state index contributed by atoms with van der Waals surface area (Å²) in [5.41, 5.74) is 3.31. The Hall–Kier alpha value is -1.63. The summed E-state index contributed by atoms with van der Waals surface area (Å²) in [4.78, 5) is 21.0. The lowest BCUT2D eigenvalue weighted by Crippen LogP contribution is -2.28. The topological polar surface area (TPSA) is 44.1 Å². The monoisotopic (exact) mass is 470 g/mol. The molecule has 0 radical (unpaired) electrons. The minimum absolute atomic E-state index is 0.0641.